The molecule has 0 aliphatic heterocycles. The number of benzene rings is 2. The van der Waals surface area contributed by atoms with Crippen LogP contribution in [0.5, 0.6) is 5.75 Å². The minimum Gasteiger partial charge on any atom is -0.434 e. The number of anilines is 1. The summed E-state index contributed by atoms with van der Waals surface area (Å²) in [6.45, 7) is -2.96. The predicted molar refractivity (Wildman–Crippen MR) is 96.2 cm³/mol. The van der Waals surface area contributed by atoms with E-state index >= 15 is 0 Å². The third kappa shape index (κ3) is 4.23. The number of halogens is 4. The highest BCUT2D eigenvalue weighted by Crippen LogP contribution is 2.33. The van der Waals surface area contributed by atoms with Crippen molar-refractivity contribution in [3.8, 4) is 17.0 Å². The fraction of sp³-hybridized carbons (Fsp3) is 0.0588. The van der Waals surface area contributed by atoms with Gasteiger partial charge < -0.3 is 4.74 Å². The Morgan fingerprint density at radius 3 is 2.77 bits per heavy atom. The van der Waals surface area contributed by atoms with Gasteiger partial charge in [0.1, 0.15) is 11.6 Å². The zero-order chi connectivity index (χ0) is 18.7. The molecule has 1 N–H and O–H groups in total. The number of thiazole rings is 1. The van der Waals surface area contributed by atoms with Gasteiger partial charge in [-0.05, 0) is 30.3 Å². The molecule has 26 heavy (non-hydrogen) atoms. The summed E-state index contributed by atoms with van der Waals surface area (Å²) in [7, 11) is 0. The summed E-state index contributed by atoms with van der Waals surface area (Å²) < 4.78 is 43.8. The van der Waals surface area contributed by atoms with Gasteiger partial charge in [-0.3, -0.25) is 10.1 Å². The van der Waals surface area contributed by atoms with Gasteiger partial charge in [0.05, 0.1) is 11.3 Å². The Morgan fingerprint density at radius 1 is 1.23 bits per heavy atom. The predicted octanol–water partition coefficient (Wildman–Crippen LogP) is 5.57. The number of ether oxygens (including phenoxy) is 1. The molecule has 0 aliphatic rings. The molecule has 0 fully saturated rings. The maximum atomic E-state index is 13.8. The van der Waals surface area contributed by atoms with Gasteiger partial charge in [0, 0.05) is 15.4 Å². The second-order valence-corrected chi connectivity index (χ2v) is 6.76. The van der Waals surface area contributed by atoms with Crippen molar-refractivity contribution < 1.29 is 22.7 Å². The van der Waals surface area contributed by atoms with E-state index in [0.717, 1.165) is 11.3 Å². The first-order valence-electron chi connectivity index (χ1n) is 7.20. The summed E-state index contributed by atoms with van der Waals surface area (Å²) in [5, 5.41) is 4.28. The second-order valence-electron chi connectivity index (χ2n) is 4.99. The molecule has 9 heteroatoms. The van der Waals surface area contributed by atoms with Gasteiger partial charge in [-0.1, -0.05) is 28.1 Å². The first-order chi connectivity index (χ1) is 12.4. The Balaban J connectivity index is 1.83. The molecular weight excluding hydrogens is 433 g/mol. The van der Waals surface area contributed by atoms with Crippen molar-refractivity contribution in [1.82, 2.24) is 4.98 Å². The highest BCUT2D eigenvalue weighted by atomic mass is 79.9. The highest BCUT2D eigenvalue weighted by molar-refractivity contribution is 9.10. The van der Waals surface area contributed by atoms with Crippen LogP contribution in [0, 0.1) is 5.82 Å². The van der Waals surface area contributed by atoms with Crippen molar-refractivity contribution in [3.63, 3.8) is 0 Å². The van der Waals surface area contributed by atoms with Crippen LogP contribution >= 0.6 is 27.3 Å². The average Bonchev–Trinajstić information content (AvgIpc) is 3.05. The van der Waals surface area contributed by atoms with Crippen LogP contribution in [0.2, 0.25) is 0 Å². The van der Waals surface area contributed by atoms with E-state index in [4.69, 9.17) is 0 Å². The molecule has 134 valence electrons. The third-order valence-corrected chi connectivity index (χ3v) is 4.53. The van der Waals surface area contributed by atoms with E-state index in [1.54, 1.807) is 23.6 Å². The molecule has 3 aromatic rings. The zero-order valence-corrected chi connectivity index (χ0v) is 15.3. The number of aromatic nitrogens is 1. The number of para-hydroxylation sites is 1. The Morgan fingerprint density at radius 2 is 2.00 bits per heavy atom. The number of carbonyl (C=O) groups is 1. The van der Waals surface area contributed by atoms with Gasteiger partial charge in [-0.2, -0.15) is 8.78 Å². The van der Waals surface area contributed by atoms with E-state index in [1.807, 2.05) is 0 Å². The van der Waals surface area contributed by atoms with Crippen LogP contribution in [-0.2, 0) is 0 Å². The smallest absolute Gasteiger partial charge is 0.387 e. The van der Waals surface area contributed by atoms with Gasteiger partial charge >= 0.3 is 6.61 Å². The monoisotopic (exact) mass is 442 g/mol. The van der Waals surface area contributed by atoms with Crippen LogP contribution in [0.15, 0.2) is 52.3 Å². The lowest BCUT2D eigenvalue weighted by Crippen LogP contribution is -2.13. The maximum Gasteiger partial charge on any atom is 0.387 e. The van der Waals surface area contributed by atoms with Crippen molar-refractivity contribution in [2.75, 3.05) is 5.32 Å². The second kappa shape index (κ2) is 7.88. The zero-order valence-electron chi connectivity index (χ0n) is 12.9. The van der Waals surface area contributed by atoms with E-state index < -0.39 is 18.3 Å². The number of nitrogens with zero attached hydrogens (tertiary/aromatic N) is 1. The van der Waals surface area contributed by atoms with Crippen LogP contribution < -0.4 is 10.1 Å². The molecule has 1 heterocycles. The van der Waals surface area contributed by atoms with E-state index in [0.29, 0.717) is 15.7 Å². The molecule has 3 rings (SSSR count). The Bertz CT molecular complexity index is 949. The van der Waals surface area contributed by atoms with Gasteiger partial charge in [0.25, 0.3) is 5.91 Å². The molecule has 1 aromatic heterocycles. The number of alkyl halides is 2. The highest BCUT2D eigenvalue weighted by Gasteiger charge is 2.16. The lowest BCUT2D eigenvalue weighted by Gasteiger charge is -2.08. The number of rotatable bonds is 5. The van der Waals surface area contributed by atoms with Crippen LogP contribution in [0.3, 0.4) is 0 Å². The Labute approximate surface area is 158 Å². The van der Waals surface area contributed by atoms with Crippen LogP contribution in [0.4, 0.5) is 18.3 Å². The van der Waals surface area contributed by atoms with E-state index in [2.05, 4.69) is 31.0 Å². The minimum absolute atomic E-state index is 0.0243. The quantitative estimate of drug-likeness (QED) is 0.562. The lowest BCUT2D eigenvalue weighted by molar-refractivity contribution is -0.0494. The Kier molecular flexibility index (Phi) is 5.58. The summed E-state index contributed by atoms with van der Waals surface area (Å²) >= 11 is 4.26. The van der Waals surface area contributed by atoms with E-state index in [9.17, 15) is 18.0 Å². The minimum atomic E-state index is -2.96. The fourth-order valence-corrected chi connectivity index (χ4v) is 3.23. The van der Waals surface area contributed by atoms with Crippen molar-refractivity contribution in [2.24, 2.45) is 0 Å². The number of amides is 1. The van der Waals surface area contributed by atoms with Gasteiger partial charge in [0.15, 0.2) is 5.13 Å². The fourth-order valence-electron chi connectivity index (χ4n) is 2.17. The SMILES string of the molecule is O=C(Nc1nc(-c2ccccc2OC(F)F)cs1)c1cc(Br)ccc1F. The van der Waals surface area contributed by atoms with Crippen LogP contribution in [0.25, 0.3) is 11.3 Å². The lowest BCUT2D eigenvalue weighted by atomic mass is 10.1. The van der Waals surface area contributed by atoms with Gasteiger partial charge in [-0.15, -0.1) is 11.3 Å². The molecule has 0 atom stereocenters. The van der Waals surface area contributed by atoms with Gasteiger partial charge in [-0.25, -0.2) is 9.37 Å². The van der Waals surface area contributed by atoms with Crippen molar-refractivity contribution in [1.29, 1.82) is 0 Å². The summed E-state index contributed by atoms with van der Waals surface area (Å²) in [6, 6.07) is 10.2. The Hall–Kier alpha value is -2.39. The molecule has 0 spiro atoms. The van der Waals surface area contributed by atoms with Crippen LogP contribution in [-0.4, -0.2) is 17.5 Å². The molecular formula is C17H10BrF3N2O2S. The number of hydrogen-bond donors (Lipinski definition) is 1. The van der Waals surface area contributed by atoms with E-state index in [-0.39, 0.29) is 16.4 Å². The van der Waals surface area contributed by atoms with Crippen molar-refractivity contribution >= 4 is 38.3 Å². The summed E-state index contributed by atoms with van der Waals surface area (Å²) in [4.78, 5) is 16.4. The van der Waals surface area contributed by atoms with E-state index in [1.165, 1.54) is 24.3 Å². The standard InChI is InChI=1S/C17H10BrF3N2O2S/c18-9-5-6-12(19)11(7-9)15(24)23-17-22-13(8-26-17)10-3-1-2-4-14(10)25-16(20)21/h1-8,16H,(H,22,23,24). The average molecular weight is 443 g/mol. The molecule has 0 aliphatic carbocycles. The summed E-state index contributed by atoms with van der Waals surface area (Å²) in [5.74, 6) is -1.36. The summed E-state index contributed by atoms with van der Waals surface area (Å²) in [5.41, 5.74) is 0.576. The third-order valence-electron chi connectivity index (χ3n) is 3.28. The topological polar surface area (TPSA) is 51.2 Å². The molecule has 0 saturated heterocycles. The normalized spacial score (nSPS) is 10.8. The molecule has 4 nitrogen and oxygen atoms in total. The number of hydrogen-bond acceptors (Lipinski definition) is 4. The molecule has 2 aromatic carbocycles. The van der Waals surface area contributed by atoms with Crippen molar-refractivity contribution in [2.45, 2.75) is 6.61 Å². The number of carbonyl (C=O) groups excluding carboxylic acids is 1. The molecule has 0 saturated carbocycles. The van der Waals surface area contributed by atoms with Crippen molar-refractivity contribution in [3.05, 3.63) is 63.7 Å². The summed E-state index contributed by atoms with van der Waals surface area (Å²) in [6.07, 6.45) is 0. The molecule has 1 amide bonds. The molecule has 0 unspecified atom stereocenters. The first kappa shape index (κ1) is 18.4. The van der Waals surface area contributed by atoms with Gasteiger partial charge in [0.2, 0.25) is 0 Å². The largest absolute Gasteiger partial charge is 0.434 e. The van der Waals surface area contributed by atoms with Crippen LogP contribution in [0.1, 0.15) is 10.4 Å². The molecule has 0 radical (unpaired) electrons. The maximum absolute atomic E-state index is 13.8. The molecule has 0 bridgehead atoms. The first-order valence-corrected chi connectivity index (χ1v) is 8.87. The number of nitrogens with one attached hydrogen (secondary N) is 1.